The minimum absolute atomic E-state index is 0.355. The zero-order valence-electron chi connectivity index (χ0n) is 15.3. The highest BCUT2D eigenvalue weighted by atomic mass is 32.1. The smallest absolute Gasteiger partial charge is 0.348 e. The van der Waals surface area contributed by atoms with Crippen LogP contribution in [0.15, 0.2) is 30.3 Å². The van der Waals surface area contributed by atoms with E-state index in [-0.39, 0.29) is 0 Å². The fraction of sp³-hybridized carbons (Fsp3) is 0.316. The van der Waals surface area contributed by atoms with Crippen molar-refractivity contribution in [1.29, 1.82) is 0 Å². The zero-order chi connectivity index (χ0) is 19.9. The molecule has 0 saturated carbocycles. The lowest BCUT2D eigenvalue weighted by atomic mass is 10.1. The van der Waals surface area contributed by atoms with Crippen LogP contribution in [0.25, 0.3) is 10.4 Å². The first-order valence-corrected chi connectivity index (χ1v) is 9.63. The number of esters is 1. The van der Waals surface area contributed by atoms with Gasteiger partial charge in [-0.3, -0.25) is 10.1 Å². The van der Waals surface area contributed by atoms with Crippen molar-refractivity contribution in [1.82, 2.24) is 10.6 Å². The first-order chi connectivity index (χ1) is 13.6. The molecular weight excluding hydrogens is 384 g/mol. The van der Waals surface area contributed by atoms with Gasteiger partial charge in [-0.25, -0.2) is 9.59 Å². The molecule has 2 N–H and O–H groups in total. The Kier molecular flexibility index (Phi) is 6.49. The van der Waals surface area contributed by atoms with E-state index in [0.29, 0.717) is 36.1 Å². The van der Waals surface area contributed by atoms with Crippen LogP contribution >= 0.6 is 11.3 Å². The minimum Gasteiger partial charge on any atom is -0.486 e. The van der Waals surface area contributed by atoms with E-state index in [2.05, 4.69) is 10.6 Å². The summed E-state index contributed by atoms with van der Waals surface area (Å²) >= 11 is 1.24. The van der Waals surface area contributed by atoms with Crippen LogP contribution in [0.1, 0.15) is 23.0 Å². The van der Waals surface area contributed by atoms with Crippen molar-refractivity contribution in [3.8, 4) is 21.9 Å². The number of carbonyl (C=O) groups excluding carboxylic acids is 3. The van der Waals surface area contributed by atoms with Crippen LogP contribution in [0.3, 0.4) is 0 Å². The van der Waals surface area contributed by atoms with E-state index >= 15 is 0 Å². The number of imide groups is 1. The van der Waals surface area contributed by atoms with Gasteiger partial charge in [0.15, 0.2) is 18.1 Å². The Labute approximate surface area is 165 Å². The SMILES string of the molecule is CCCNC(=O)NC(=O)COC(=O)c1ccc(-c2ccc3c(c2)OCCO3)s1. The Morgan fingerprint density at radius 3 is 2.68 bits per heavy atom. The van der Waals surface area contributed by atoms with Crippen LogP contribution in [0.2, 0.25) is 0 Å². The second-order valence-electron chi connectivity index (χ2n) is 5.90. The summed E-state index contributed by atoms with van der Waals surface area (Å²) in [7, 11) is 0. The molecule has 1 aromatic heterocycles. The molecule has 1 aliphatic heterocycles. The first-order valence-electron chi connectivity index (χ1n) is 8.81. The Hall–Kier alpha value is -3.07. The van der Waals surface area contributed by atoms with Gasteiger partial charge in [0.05, 0.1) is 0 Å². The standard InChI is InChI=1S/C19H20N2O6S/c1-2-7-20-19(24)21-17(22)11-27-18(23)16-6-5-15(28-16)12-3-4-13-14(10-12)26-9-8-25-13/h3-6,10H,2,7-9,11H2,1H3,(H2,20,21,22,24). The van der Waals surface area contributed by atoms with Gasteiger partial charge in [0.2, 0.25) is 0 Å². The molecule has 0 unspecified atom stereocenters. The van der Waals surface area contributed by atoms with E-state index in [1.807, 2.05) is 25.1 Å². The van der Waals surface area contributed by atoms with Crippen molar-refractivity contribution in [2.24, 2.45) is 0 Å². The third-order valence-electron chi connectivity index (χ3n) is 3.76. The maximum atomic E-state index is 12.1. The highest BCUT2D eigenvalue weighted by molar-refractivity contribution is 7.17. The summed E-state index contributed by atoms with van der Waals surface area (Å²) < 4.78 is 16.0. The molecule has 2 aromatic rings. The van der Waals surface area contributed by atoms with Crippen LogP contribution in [0.5, 0.6) is 11.5 Å². The van der Waals surface area contributed by atoms with E-state index in [4.69, 9.17) is 14.2 Å². The highest BCUT2D eigenvalue weighted by Gasteiger charge is 2.17. The number of nitrogens with one attached hydrogen (secondary N) is 2. The molecule has 0 atom stereocenters. The number of urea groups is 1. The largest absolute Gasteiger partial charge is 0.486 e. The summed E-state index contributed by atoms with van der Waals surface area (Å²) in [6, 6.07) is 8.39. The predicted molar refractivity (Wildman–Crippen MR) is 103 cm³/mol. The monoisotopic (exact) mass is 404 g/mol. The third-order valence-corrected chi connectivity index (χ3v) is 4.87. The molecule has 3 amide bonds. The average Bonchev–Trinajstić information content (AvgIpc) is 3.20. The molecule has 3 rings (SSSR count). The van der Waals surface area contributed by atoms with Gasteiger partial charge in [-0.1, -0.05) is 6.92 Å². The lowest BCUT2D eigenvalue weighted by molar-refractivity contribution is -0.123. The van der Waals surface area contributed by atoms with Gasteiger partial charge in [-0.15, -0.1) is 11.3 Å². The summed E-state index contributed by atoms with van der Waals surface area (Å²) in [6.45, 7) is 2.84. The fourth-order valence-electron chi connectivity index (χ4n) is 2.45. The number of hydrogen-bond acceptors (Lipinski definition) is 7. The molecule has 0 saturated heterocycles. The fourth-order valence-corrected chi connectivity index (χ4v) is 3.34. The lowest BCUT2D eigenvalue weighted by Crippen LogP contribution is -2.41. The second-order valence-corrected chi connectivity index (χ2v) is 6.99. The Morgan fingerprint density at radius 2 is 1.89 bits per heavy atom. The van der Waals surface area contributed by atoms with E-state index < -0.39 is 24.5 Å². The molecule has 0 fully saturated rings. The average molecular weight is 404 g/mol. The molecule has 2 heterocycles. The summed E-state index contributed by atoms with van der Waals surface area (Å²) in [5.74, 6) is 0.0444. The maximum Gasteiger partial charge on any atom is 0.348 e. The number of benzene rings is 1. The summed E-state index contributed by atoms with van der Waals surface area (Å²) in [4.78, 5) is 36.4. The topological polar surface area (TPSA) is 103 Å². The van der Waals surface area contributed by atoms with Gasteiger partial charge in [0.25, 0.3) is 5.91 Å². The number of amides is 3. The molecule has 1 aliphatic rings. The van der Waals surface area contributed by atoms with Crippen molar-refractivity contribution in [2.45, 2.75) is 13.3 Å². The number of thiophene rings is 1. The van der Waals surface area contributed by atoms with Crippen molar-refractivity contribution in [3.63, 3.8) is 0 Å². The molecule has 8 nitrogen and oxygen atoms in total. The predicted octanol–water partition coefficient (Wildman–Crippen LogP) is 2.58. The molecule has 0 aliphatic carbocycles. The molecule has 1 aromatic carbocycles. The van der Waals surface area contributed by atoms with Crippen LogP contribution in [0.4, 0.5) is 4.79 Å². The highest BCUT2D eigenvalue weighted by Crippen LogP contribution is 2.36. The molecule has 0 radical (unpaired) electrons. The van der Waals surface area contributed by atoms with Gasteiger partial charge < -0.3 is 19.5 Å². The van der Waals surface area contributed by atoms with Crippen LogP contribution in [-0.2, 0) is 9.53 Å². The van der Waals surface area contributed by atoms with E-state index in [0.717, 1.165) is 16.9 Å². The molecule has 148 valence electrons. The van der Waals surface area contributed by atoms with Crippen molar-refractivity contribution in [2.75, 3.05) is 26.4 Å². The van der Waals surface area contributed by atoms with Crippen molar-refractivity contribution in [3.05, 3.63) is 35.2 Å². The number of ether oxygens (including phenoxy) is 3. The normalized spacial score (nSPS) is 12.2. The Morgan fingerprint density at radius 1 is 1.11 bits per heavy atom. The van der Waals surface area contributed by atoms with Crippen molar-refractivity contribution >= 4 is 29.2 Å². The number of hydrogen-bond donors (Lipinski definition) is 2. The Balaban J connectivity index is 1.55. The molecule has 28 heavy (non-hydrogen) atoms. The third kappa shape index (κ3) is 5.01. The van der Waals surface area contributed by atoms with E-state index in [9.17, 15) is 14.4 Å². The van der Waals surface area contributed by atoms with E-state index in [1.165, 1.54) is 11.3 Å². The first kappa shape index (κ1) is 19.7. The summed E-state index contributed by atoms with van der Waals surface area (Å²) in [5.41, 5.74) is 0.888. The lowest BCUT2D eigenvalue weighted by Gasteiger charge is -2.18. The summed E-state index contributed by atoms with van der Waals surface area (Å²) in [5, 5.41) is 4.59. The Bertz CT molecular complexity index is 879. The quantitative estimate of drug-likeness (QED) is 0.718. The number of rotatable bonds is 6. The van der Waals surface area contributed by atoms with Crippen LogP contribution in [-0.4, -0.2) is 44.3 Å². The van der Waals surface area contributed by atoms with Crippen LogP contribution in [0, 0.1) is 0 Å². The van der Waals surface area contributed by atoms with Crippen molar-refractivity contribution < 1.29 is 28.6 Å². The molecule has 9 heteroatoms. The van der Waals surface area contributed by atoms with Gasteiger partial charge in [-0.2, -0.15) is 0 Å². The number of carbonyl (C=O) groups is 3. The molecule has 0 bridgehead atoms. The second kappa shape index (κ2) is 9.23. The summed E-state index contributed by atoms with van der Waals surface area (Å²) in [6.07, 6.45) is 0.751. The number of fused-ring (bicyclic) bond motifs is 1. The maximum absolute atomic E-state index is 12.1. The zero-order valence-corrected chi connectivity index (χ0v) is 16.1. The minimum atomic E-state index is -0.689. The van der Waals surface area contributed by atoms with Crippen LogP contribution < -0.4 is 20.1 Å². The van der Waals surface area contributed by atoms with Gasteiger partial charge in [0, 0.05) is 11.4 Å². The molecular formula is C19H20N2O6S. The van der Waals surface area contributed by atoms with Gasteiger partial charge in [0.1, 0.15) is 18.1 Å². The van der Waals surface area contributed by atoms with E-state index in [1.54, 1.807) is 12.1 Å². The molecule has 0 spiro atoms. The van der Waals surface area contributed by atoms with Gasteiger partial charge in [-0.05, 0) is 42.3 Å². The van der Waals surface area contributed by atoms with Gasteiger partial charge >= 0.3 is 12.0 Å².